The Morgan fingerprint density at radius 1 is 1.12 bits per heavy atom. The van der Waals surface area contributed by atoms with Gasteiger partial charge in [-0.05, 0) is 48.5 Å². The van der Waals surface area contributed by atoms with Gasteiger partial charge in [0.2, 0.25) is 9.84 Å². The molecule has 0 saturated carbocycles. The lowest BCUT2D eigenvalue weighted by Gasteiger charge is -2.09. The first-order chi connectivity index (χ1) is 12.1. The van der Waals surface area contributed by atoms with E-state index in [1.165, 1.54) is 0 Å². The Hall–Kier alpha value is -2.70. The van der Waals surface area contributed by atoms with Gasteiger partial charge in [0.15, 0.2) is 4.91 Å². The Morgan fingerprint density at radius 2 is 1.69 bits per heavy atom. The van der Waals surface area contributed by atoms with Crippen LogP contribution in [0.5, 0.6) is 5.75 Å². The molecule has 2 aromatic carbocycles. The summed E-state index contributed by atoms with van der Waals surface area (Å²) in [4.78, 5) is -0.963. The minimum absolute atomic E-state index is 0.349. The number of hydrogen-bond donors (Lipinski definition) is 1. The van der Waals surface area contributed by atoms with Crippen LogP contribution >= 0.6 is 11.6 Å². The molecule has 2 rings (SSSR count). The quantitative estimate of drug-likeness (QED) is 0.745. The Bertz CT molecular complexity index is 948. The van der Waals surface area contributed by atoms with Gasteiger partial charge in [-0.1, -0.05) is 11.6 Å². The fourth-order valence-corrected chi connectivity index (χ4v) is 3.02. The number of rotatable bonds is 5. The van der Waals surface area contributed by atoms with E-state index in [0.717, 1.165) is 30.5 Å². The summed E-state index contributed by atoms with van der Waals surface area (Å²) < 4.78 is 64.9. The first kappa shape index (κ1) is 19.6. The lowest BCUT2D eigenvalue weighted by molar-refractivity contribution is -0.274. The van der Waals surface area contributed by atoms with Crippen molar-refractivity contribution in [3.05, 3.63) is 64.7 Å². The molecule has 0 fully saturated rings. The number of nitrogens with zero attached hydrogens (tertiary/aromatic N) is 1. The van der Waals surface area contributed by atoms with Gasteiger partial charge >= 0.3 is 6.36 Å². The number of nitrogens with one attached hydrogen (secondary N) is 1. The van der Waals surface area contributed by atoms with Crippen molar-refractivity contribution in [1.29, 1.82) is 5.26 Å². The Morgan fingerprint density at radius 3 is 2.19 bits per heavy atom. The maximum Gasteiger partial charge on any atom is 0.573 e. The van der Waals surface area contributed by atoms with Crippen LogP contribution in [0.3, 0.4) is 0 Å². The van der Waals surface area contributed by atoms with Crippen molar-refractivity contribution < 1.29 is 26.3 Å². The molecule has 0 spiro atoms. The molecule has 26 heavy (non-hydrogen) atoms. The molecular weight excluding hydrogens is 393 g/mol. The zero-order chi connectivity index (χ0) is 19.4. The Labute approximate surface area is 152 Å². The predicted octanol–water partition coefficient (Wildman–Crippen LogP) is 4.49. The summed E-state index contributed by atoms with van der Waals surface area (Å²) in [6.45, 7) is 0. The summed E-state index contributed by atoms with van der Waals surface area (Å²) in [5, 5.41) is 12.2. The summed E-state index contributed by atoms with van der Waals surface area (Å²) in [6, 6.07) is 11.4. The smallest absolute Gasteiger partial charge is 0.406 e. The van der Waals surface area contributed by atoms with Gasteiger partial charge in [0.25, 0.3) is 0 Å². The van der Waals surface area contributed by atoms with E-state index in [-0.39, 0.29) is 4.90 Å². The Kier molecular flexibility index (Phi) is 5.79. The summed E-state index contributed by atoms with van der Waals surface area (Å²) in [7, 11) is -4.22. The average Bonchev–Trinajstić information content (AvgIpc) is 2.56. The van der Waals surface area contributed by atoms with E-state index in [1.54, 1.807) is 30.3 Å². The van der Waals surface area contributed by atoms with Gasteiger partial charge < -0.3 is 10.1 Å². The topological polar surface area (TPSA) is 79.2 Å². The number of anilines is 1. The molecule has 0 aliphatic carbocycles. The second-order valence-corrected chi connectivity index (χ2v) is 7.15. The molecule has 5 nitrogen and oxygen atoms in total. The van der Waals surface area contributed by atoms with Crippen LogP contribution in [0.2, 0.25) is 5.02 Å². The van der Waals surface area contributed by atoms with E-state index in [1.807, 2.05) is 0 Å². The molecule has 0 saturated heterocycles. The maximum absolute atomic E-state index is 12.4. The van der Waals surface area contributed by atoms with Gasteiger partial charge in [-0.15, -0.1) is 13.2 Å². The lowest BCUT2D eigenvalue weighted by Crippen LogP contribution is -2.17. The SMILES string of the molecule is N#C/C(=C\Nc1ccc(Cl)cc1)S(=O)(=O)c1ccc(OC(F)(F)F)cc1. The van der Waals surface area contributed by atoms with E-state index in [9.17, 15) is 21.6 Å². The van der Waals surface area contributed by atoms with E-state index in [2.05, 4.69) is 10.1 Å². The van der Waals surface area contributed by atoms with Crippen molar-refractivity contribution in [2.24, 2.45) is 0 Å². The predicted molar refractivity (Wildman–Crippen MR) is 89.1 cm³/mol. The molecule has 0 heterocycles. The van der Waals surface area contributed by atoms with Gasteiger partial charge in [-0.2, -0.15) is 5.26 Å². The summed E-state index contributed by atoms with van der Waals surface area (Å²) >= 11 is 5.74. The third-order valence-corrected chi connectivity index (χ3v) is 4.91. The highest BCUT2D eigenvalue weighted by molar-refractivity contribution is 7.95. The number of sulfone groups is 1. The molecule has 0 amide bonds. The zero-order valence-corrected chi connectivity index (χ0v) is 14.4. The zero-order valence-electron chi connectivity index (χ0n) is 12.8. The van der Waals surface area contributed by atoms with Crippen LogP contribution in [0.4, 0.5) is 18.9 Å². The van der Waals surface area contributed by atoms with E-state index < -0.39 is 26.9 Å². The van der Waals surface area contributed by atoms with Gasteiger partial charge in [0.1, 0.15) is 11.8 Å². The summed E-state index contributed by atoms with van der Waals surface area (Å²) in [5.41, 5.74) is 0.492. The molecule has 0 atom stereocenters. The number of hydrogen-bond acceptors (Lipinski definition) is 5. The normalized spacial score (nSPS) is 12.3. The highest BCUT2D eigenvalue weighted by Gasteiger charge is 2.31. The van der Waals surface area contributed by atoms with Gasteiger partial charge in [-0.25, -0.2) is 8.42 Å². The molecular formula is C16H10ClF3N2O3S. The van der Waals surface area contributed by atoms with E-state index >= 15 is 0 Å². The first-order valence-electron chi connectivity index (χ1n) is 6.85. The molecule has 0 radical (unpaired) electrons. The minimum Gasteiger partial charge on any atom is -0.406 e. The van der Waals surface area contributed by atoms with Crippen LogP contribution in [0, 0.1) is 11.3 Å². The lowest BCUT2D eigenvalue weighted by atomic mass is 10.3. The summed E-state index contributed by atoms with van der Waals surface area (Å²) in [6.07, 6.45) is -3.90. The van der Waals surface area contributed by atoms with Crippen LogP contribution in [-0.2, 0) is 9.84 Å². The molecule has 0 unspecified atom stereocenters. The fourth-order valence-electron chi connectivity index (χ4n) is 1.81. The van der Waals surface area contributed by atoms with Gasteiger partial charge in [0.05, 0.1) is 4.90 Å². The third-order valence-electron chi connectivity index (χ3n) is 2.98. The first-order valence-corrected chi connectivity index (χ1v) is 8.71. The highest BCUT2D eigenvalue weighted by atomic mass is 35.5. The van der Waals surface area contributed by atoms with Crippen molar-refractivity contribution in [1.82, 2.24) is 0 Å². The molecule has 2 aromatic rings. The second-order valence-electron chi connectivity index (χ2n) is 4.79. The molecule has 136 valence electrons. The minimum atomic E-state index is -4.89. The van der Waals surface area contributed by atoms with Crippen LogP contribution < -0.4 is 10.1 Å². The molecule has 0 aliphatic rings. The number of ether oxygens (including phenoxy) is 1. The third kappa shape index (κ3) is 5.15. The summed E-state index contributed by atoms with van der Waals surface area (Å²) in [5.74, 6) is -0.571. The van der Waals surface area contributed by atoms with Crippen molar-refractivity contribution >= 4 is 27.1 Å². The molecule has 0 aromatic heterocycles. The highest BCUT2D eigenvalue weighted by Crippen LogP contribution is 2.26. The van der Waals surface area contributed by atoms with Crippen LogP contribution in [0.15, 0.2) is 64.5 Å². The number of halogens is 4. The van der Waals surface area contributed by atoms with Crippen molar-refractivity contribution in [3.8, 4) is 11.8 Å². The standard InChI is InChI=1S/C16H10ClF3N2O3S/c17-11-1-3-12(4-2-11)22-10-15(9-21)26(23,24)14-7-5-13(6-8-14)25-16(18,19)20/h1-8,10,22H/b15-10+. The fraction of sp³-hybridized carbons (Fsp3) is 0.0625. The molecule has 0 aliphatic heterocycles. The molecule has 0 bridgehead atoms. The second kappa shape index (κ2) is 7.68. The van der Waals surface area contributed by atoms with E-state index in [0.29, 0.717) is 10.7 Å². The van der Waals surface area contributed by atoms with Crippen LogP contribution in [0.1, 0.15) is 0 Å². The van der Waals surface area contributed by atoms with Crippen molar-refractivity contribution in [2.45, 2.75) is 11.3 Å². The van der Waals surface area contributed by atoms with Gasteiger partial charge in [-0.3, -0.25) is 0 Å². The number of allylic oxidation sites excluding steroid dienone is 1. The van der Waals surface area contributed by atoms with E-state index in [4.69, 9.17) is 16.9 Å². The number of alkyl halides is 3. The Balaban J connectivity index is 2.24. The monoisotopic (exact) mass is 402 g/mol. The van der Waals surface area contributed by atoms with Crippen LogP contribution in [0.25, 0.3) is 0 Å². The maximum atomic E-state index is 12.4. The van der Waals surface area contributed by atoms with Crippen molar-refractivity contribution in [2.75, 3.05) is 5.32 Å². The van der Waals surface area contributed by atoms with Crippen molar-refractivity contribution in [3.63, 3.8) is 0 Å². The molecule has 10 heteroatoms. The largest absolute Gasteiger partial charge is 0.573 e. The van der Waals surface area contributed by atoms with Gasteiger partial charge in [0, 0.05) is 16.9 Å². The number of benzene rings is 2. The average molecular weight is 403 g/mol. The van der Waals surface area contributed by atoms with Crippen LogP contribution in [-0.4, -0.2) is 14.8 Å². The number of nitriles is 1. The molecule has 1 N–H and O–H groups in total.